The van der Waals surface area contributed by atoms with Gasteiger partial charge in [-0.05, 0) is 53.9 Å². The Morgan fingerprint density at radius 2 is 1.61 bits per heavy atom. The van der Waals surface area contributed by atoms with E-state index in [0.717, 1.165) is 59.1 Å². The van der Waals surface area contributed by atoms with Gasteiger partial charge in [0.1, 0.15) is 0 Å². The second-order valence-corrected chi connectivity index (χ2v) is 7.38. The first-order chi connectivity index (χ1) is 13.5. The molecule has 28 heavy (non-hydrogen) atoms. The van der Waals surface area contributed by atoms with Gasteiger partial charge in [-0.1, -0.05) is 12.6 Å². The highest BCUT2D eigenvalue weighted by molar-refractivity contribution is 5.84. The Balaban J connectivity index is 1.95. The third-order valence-corrected chi connectivity index (χ3v) is 6.33. The van der Waals surface area contributed by atoms with E-state index >= 15 is 0 Å². The smallest absolute Gasteiger partial charge is 0.164 e. The first-order valence-electron chi connectivity index (χ1n) is 9.42. The molecule has 0 aromatic heterocycles. The summed E-state index contributed by atoms with van der Waals surface area (Å²) in [5, 5.41) is 0. The molecular weight excluding hydrogens is 354 g/mol. The topological polar surface area (TPSA) is 40.2 Å². The average molecular weight is 381 g/mol. The number of benzene rings is 2. The van der Waals surface area contributed by atoms with Crippen LogP contribution in [-0.2, 0) is 18.4 Å². The number of hydrogen-bond acceptors (Lipinski definition) is 5. The first kappa shape index (κ1) is 18.7. The van der Waals surface area contributed by atoms with E-state index in [2.05, 4.69) is 36.7 Å². The van der Waals surface area contributed by atoms with Crippen molar-refractivity contribution in [1.29, 1.82) is 0 Å². The molecule has 0 amide bonds. The predicted molar refractivity (Wildman–Crippen MR) is 110 cm³/mol. The van der Waals surface area contributed by atoms with Crippen molar-refractivity contribution in [2.75, 3.05) is 42.0 Å². The van der Waals surface area contributed by atoms with Gasteiger partial charge in [-0.15, -0.1) is 0 Å². The van der Waals surface area contributed by atoms with Crippen LogP contribution in [-0.4, -0.2) is 46.9 Å². The molecule has 0 N–H and O–H groups in total. The summed E-state index contributed by atoms with van der Waals surface area (Å²) in [5.41, 5.74) is 5.51. The highest BCUT2D eigenvalue weighted by atomic mass is 16.5. The van der Waals surface area contributed by atoms with Gasteiger partial charge in [0.05, 0.1) is 34.0 Å². The summed E-state index contributed by atoms with van der Waals surface area (Å²) in [6.07, 6.45) is 1.73. The van der Waals surface area contributed by atoms with E-state index < -0.39 is 0 Å². The van der Waals surface area contributed by atoms with Crippen LogP contribution in [0.15, 0.2) is 30.8 Å². The molecule has 5 nitrogen and oxygen atoms in total. The first-order valence-corrected chi connectivity index (χ1v) is 9.42. The van der Waals surface area contributed by atoms with Crippen LogP contribution in [0.4, 0.5) is 0 Å². The van der Waals surface area contributed by atoms with Crippen molar-refractivity contribution in [2.24, 2.45) is 0 Å². The fourth-order valence-electron chi connectivity index (χ4n) is 4.86. The SMILES string of the molecule is C=C1c2ccc(OC)c(OC)c2CC12c1cc(OC)c(OC)cc1CCN2C. The lowest BCUT2D eigenvalue weighted by Gasteiger charge is -2.45. The highest BCUT2D eigenvalue weighted by Crippen LogP contribution is 2.56. The summed E-state index contributed by atoms with van der Waals surface area (Å²) >= 11 is 0. The minimum absolute atomic E-state index is 0.338. The Morgan fingerprint density at radius 1 is 0.929 bits per heavy atom. The summed E-state index contributed by atoms with van der Waals surface area (Å²) in [7, 11) is 8.88. The number of ether oxygens (including phenoxy) is 4. The van der Waals surface area contributed by atoms with E-state index in [1.807, 2.05) is 6.07 Å². The molecule has 0 radical (unpaired) electrons. The predicted octanol–water partition coefficient (Wildman–Crippen LogP) is 3.67. The largest absolute Gasteiger partial charge is 0.493 e. The van der Waals surface area contributed by atoms with E-state index in [1.54, 1.807) is 28.4 Å². The van der Waals surface area contributed by atoms with Gasteiger partial charge in [0.2, 0.25) is 0 Å². The Bertz CT molecular complexity index is 952. The van der Waals surface area contributed by atoms with Gasteiger partial charge in [0.15, 0.2) is 23.0 Å². The zero-order valence-electron chi connectivity index (χ0n) is 17.2. The molecular formula is C23H27NO4. The van der Waals surface area contributed by atoms with Gasteiger partial charge in [0, 0.05) is 18.5 Å². The molecule has 0 saturated carbocycles. The second-order valence-electron chi connectivity index (χ2n) is 7.38. The van der Waals surface area contributed by atoms with Gasteiger partial charge in [-0.3, -0.25) is 4.90 Å². The number of rotatable bonds is 4. The lowest BCUT2D eigenvalue weighted by Crippen LogP contribution is -2.48. The summed E-state index contributed by atoms with van der Waals surface area (Å²) in [4.78, 5) is 2.40. The van der Waals surface area contributed by atoms with Crippen molar-refractivity contribution >= 4 is 5.57 Å². The molecule has 0 saturated heterocycles. The fraction of sp³-hybridized carbons (Fsp3) is 0.391. The molecule has 4 rings (SSSR count). The molecule has 2 aromatic rings. The average Bonchev–Trinajstić information content (AvgIpc) is 3.02. The molecule has 1 aliphatic carbocycles. The van der Waals surface area contributed by atoms with E-state index in [4.69, 9.17) is 18.9 Å². The van der Waals surface area contributed by atoms with Crippen LogP contribution >= 0.6 is 0 Å². The summed E-state index contributed by atoms with van der Waals surface area (Å²) in [5.74, 6) is 3.04. The molecule has 5 heteroatoms. The van der Waals surface area contributed by atoms with Crippen molar-refractivity contribution in [1.82, 2.24) is 4.90 Å². The van der Waals surface area contributed by atoms with E-state index in [-0.39, 0.29) is 5.54 Å². The second kappa shape index (κ2) is 6.74. The number of hydrogen-bond donors (Lipinski definition) is 0. The maximum atomic E-state index is 5.74. The van der Waals surface area contributed by atoms with Gasteiger partial charge < -0.3 is 18.9 Å². The molecule has 2 aliphatic rings. The van der Waals surface area contributed by atoms with E-state index in [0.29, 0.717) is 0 Å². The van der Waals surface area contributed by atoms with Crippen molar-refractivity contribution < 1.29 is 18.9 Å². The lowest BCUT2D eigenvalue weighted by molar-refractivity contribution is 0.168. The quantitative estimate of drug-likeness (QED) is 0.808. The van der Waals surface area contributed by atoms with Crippen LogP contribution < -0.4 is 18.9 Å². The van der Waals surface area contributed by atoms with Gasteiger partial charge >= 0.3 is 0 Å². The monoisotopic (exact) mass is 381 g/mol. The standard InChI is InChI=1S/C23H27NO4/c1-14-16-7-8-19(25-3)22(28-6)17(16)13-23(14)18-12-21(27-5)20(26-4)11-15(18)9-10-24(23)2/h7-8,11-12H,1,9-10,13H2,2-6H3. The van der Waals surface area contributed by atoms with Crippen molar-refractivity contribution in [3.63, 3.8) is 0 Å². The Hall–Kier alpha value is -2.66. The normalized spacial score (nSPS) is 20.7. The van der Waals surface area contributed by atoms with Crippen molar-refractivity contribution in [2.45, 2.75) is 18.4 Å². The van der Waals surface area contributed by atoms with Crippen LogP contribution in [0, 0.1) is 0 Å². The van der Waals surface area contributed by atoms with Crippen molar-refractivity contribution in [3.8, 4) is 23.0 Å². The summed E-state index contributed by atoms with van der Waals surface area (Å²) in [6.45, 7) is 5.48. The van der Waals surface area contributed by atoms with Gasteiger partial charge in [0.25, 0.3) is 0 Å². The molecule has 0 fully saturated rings. The maximum Gasteiger partial charge on any atom is 0.164 e. The Kier molecular flexibility index (Phi) is 4.50. The zero-order valence-corrected chi connectivity index (χ0v) is 17.2. The fourth-order valence-corrected chi connectivity index (χ4v) is 4.86. The number of nitrogens with zero attached hydrogens (tertiary/aromatic N) is 1. The van der Waals surface area contributed by atoms with Crippen LogP contribution in [0.25, 0.3) is 5.57 Å². The maximum absolute atomic E-state index is 5.74. The molecule has 148 valence electrons. The number of likely N-dealkylation sites (N-methyl/N-ethyl adjacent to an activating group) is 1. The highest BCUT2D eigenvalue weighted by Gasteiger charge is 2.50. The van der Waals surface area contributed by atoms with E-state index in [1.165, 1.54) is 11.1 Å². The third-order valence-electron chi connectivity index (χ3n) is 6.33. The zero-order chi connectivity index (χ0) is 20.1. The van der Waals surface area contributed by atoms with Crippen LogP contribution in [0.1, 0.15) is 22.3 Å². The molecule has 1 aliphatic heterocycles. The third kappa shape index (κ3) is 2.35. The molecule has 1 spiro atoms. The molecule has 0 bridgehead atoms. The van der Waals surface area contributed by atoms with Gasteiger partial charge in [-0.25, -0.2) is 0 Å². The number of methoxy groups -OCH3 is 4. The van der Waals surface area contributed by atoms with Crippen LogP contribution in [0.3, 0.4) is 0 Å². The molecule has 1 unspecified atom stereocenters. The van der Waals surface area contributed by atoms with Crippen LogP contribution in [0.2, 0.25) is 0 Å². The Morgan fingerprint density at radius 3 is 2.25 bits per heavy atom. The molecule has 1 heterocycles. The minimum Gasteiger partial charge on any atom is -0.493 e. The lowest BCUT2D eigenvalue weighted by atomic mass is 9.76. The van der Waals surface area contributed by atoms with E-state index in [9.17, 15) is 0 Å². The minimum atomic E-state index is -0.338. The van der Waals surface area contributed by atoms with Crippen LogP contribution in [0.5, 0.6) is 23.0 Å². The summed E-state index contributed by atoms with van der Waals surface area (Å²) < 4.78 is 22.4. The van der Waals surface area contributed by atoms with Gasteiger partial charge in [-0.2, -0.15) is 0 Å². The van der Waals surface area contributed by atoms with Crippen molar-refractivity contribution in [3.05, 3.63) is 53.1 Å². The Labute approximate surface area is 166 Å². The summed E-state index contributed by atoms with van der Waals surface area (Å²) in [6, 6.07) is 8.28. The molecule has 2 aromatic carbocycles. The number of fused-ring (bicyclic) bond motifs is 3. The molecule has 1 atom stereocenters.